The van der Waals surface area contributed by atoms with Crippen molar-refractivity contribution >= 4 is 35.0 Å². The van der Waals surface area contributed by atoms with Gasteiger partial charge in [0.2, 0.25) is 0 Å². The molecule has 0 radical (unpaired) electrons. The number of carbonyl (C=O) groups is 2. The Hall–Kier alpha value is -2.76. The molecule has 26 heavy (non-hydrogen) atoms. The molecule has 0 aliphatic rings. The molecule has 140 valence electrons. The molecule has 0 bridgehead atoms. The molecule has 0 spiro atoms. The second kappa shape index (κ2) is 9.08. The van der Waals surface area contributed by atoms with E-state index in [0.29, 0.717) is 5.69 Å². The predicted molar refractivity (Wildman–Crippen MR) is 100 cm³/mol. The van der Waals surface area contributed by atoms with Crippen LogP contribution in [0.3, 0.4) is 0 Å². The number of ether oxygens (including phenoxy) is 1. The third-order valence-electron chi connectivity index (χ3n) is 2.89. The first-order valence-electron chi connectivity index (χ1n) is 7.75. The van der Waals surface area contributed by atoms with Crippen LogP contribution < -0.4 is 16.8 Å². The zero-order valence-corrected chi connectivity index (χ0v) is 15.6. The van der Waals surface area contributed by atoms with Gasteiger partial charge < -0.3 is 21.5 Å². The van der Waals surface area contributed by atoms with Crippen molar-refractivity contribution < 1.29 is 14.3 Å². The van der Waals surface area contributed by atoms with Crippen molar-refractivity contribution in [2.45, 2.75) is 26.4 Å². The highest BCUT2D eigenvalue weighted by atomic mass is 35.5. The number of nitriles is 1. The number of amides is 2. The van der Waals surface area contributed by atoms with Crippen LogP contribution in [0, 0.1) is 11.3 Å². The van der Waals surface area contributed by atoms with Gasteiger partial charge in [0.25, 0.3) is 5.91 Å². The zero-order valence-electron chi connectivity index (χ0n) is 14.9. The monoisotopic (exact) mass is 379 g/mol. The van der Waals surface area contributed by atoms with E-state index in [1.165, 1.54) is 12.1 Å². The highest BCUT2D eigenvalue weighted by Crippen LogP contribution is 2.24. The minimum absolute atomic E-state index is 0.0794. The quantitative estimate of drug-likeness (QED) is 0.408. The molecule has 0 saturated heterocycles. The van der Waals surface area contributed by atoms with Crippen molar-refractivity contribution in [3.05, 3.63) is 35.0 Å². The number of rotatable bonds is 5. The first kappa shape index (κ1) is 21.3. The number of hydrogen-bond acceptors (Lipinski definition) is 6. The van der Waals surface area contributed by atoms with E-state index in [-0.39, 0.29) is 29.4 Å². The maximum Gasteiger partial charge on any atom is 0.414 e. The van der Waals surface area contributed by atoms with Gasteiger partial charge >= 0.3 is 6.09 Å². The summed E-state index contributed by atoms with van der Waals surface area (Å²) in [5, 5.41) is 12.0. The third-order valence-corrected chi connectivity index (χ3v) is 3.20. The maximum absolute atomic E-state index is 12.3. The van der Waals surface area contributed by atoms with Crippen LogP contribution in [0.4, 0.5) is 16.2 Å². The van der Waals surface area contributed by atoms with Crippen molar-refractivity contribution in [3.8, 4) is 6.07 Å². The topological polar surface area (TPSA) is 134 Å². The van der Waals surface area contributed by atoms with E-state index in [0.717, 1.165) is 11.1 Å². The van der Waals surface area contributed by atoms with E-state index < -0.39 is 17.6 Å². The molecule has 0 aromatic heterocycles. The molecule has 1 aromatic rings. The van der Waals surface area contributed by atoms with Crippen LogP contribution in [0.1, 0.15) is 20.8 Å². The maximum atomic E-state index is 12.3. The average molecular weight is 380 g/mol. The summed E-state index contributed by atoms with van der Waals surface area (Å²) in [6.45, 7) is 5.32. The van der Waals surface area contributed by atoms with E-state index in [1.807, 2.05) is 0 Å². The van der Waals surface area contributed by atoms with Gasteiger partial charge in [-0.25, -0.2) is 4.79 Å². The highest BCUT2D eigenvalue weighted by Gasteiger charge is 2.22. The summed E-state index contributed by atoms with van der Waals surface area (Å²) in [5.41, 5.74) is 10.8. The van der Waals surface area contributed by atoms with Gasteiger partial charge in [-0.3, -0.25) is 9.69 Å². The van der Waals surface area contributed by atoms with Crippen LogP contribution in [-0.2, 0) is 9.53 Å². The number of carbonyl (C=O) groups excluding carboxylic acids is 2. The Morgan fingerprint density at radius 3 is 2.58 bits per heavy atom. The van der Waals surface area contributed by atoms with Crippen LogP contribution in [0.25, 0.3) is 0 Å². The van der Waals surface area contributed by atoms with Crippen LogP contribution in [-0.4, -0.2) is 35.6 Å². The number of nitrogen functional groups attached to an aromatic ring is 1. The minimum Gasteiger partial charge on any atom is -0.443 e. The molecule has 0 heterocycles. The largest absolute Gasteiger partial charge is 0.443 e. The van der Waals surface area contributed by atoms with Gasteiger partial charge in [0.05, 0.1) is 10.7 Å². The Morgan fingerprint density at radius 2 is 2.08 bits per heavy atom. The van der Waals surface area contributed by atoms with Gasteiger partial charge in [-0.1, -0.05) is 11.6 Å². The number of nitrogens with two attached hydrogens (primary N) is 2. The van der Waals surface area contributed by atoms with Crippen LogP contribution >= 0.6 is 11.6 Å². The lowest BCUT2D eigenvalue weighted by Gasteiger charge is -2.25. The van der Waals surface area contributed by atoms with E-state index in [1.54, 1.807) is 32.9 Å². The number of halogens is 1. The van der Waals surface area contributed by atoms with Gasteiger partial charge in [-0.05, 0) is 39.0 Å². The number of nitrogens with one attached hydrogen (secondary N) is 1. The fourth-order valence-electron chi connectivity index (χ4n) is 1.78. The van der Waals surface area contributed by atoms with E-state index >= 15 is 0 Å². The number of anilines is 2. The fraction of sp³-hybridized carbons (Fsp3) is 0.353. The summed E-state index contributed by atoms with van der Waals surface area (Å²) in [6.07, 6.45) is 0.385. The molecule has 0 saturated carbocycles. The normalized spacial score (nSPS) is 11.5. The molecule has 1 aromatic carbocycles. The van der Waals surface area contributed by atoms with Crippen LogP contribution in [0.5, 0.6) is 0 Å². The molecule has 0 aliphatic carbocycles. The second-order valence-corrected chi connectivity index (χ2v) is 6.72. The molecule has 0 aliphatic heterocycles. The third kappa shape index (κ3) is 6.63. The first-order chi connectivity index (χ1) is 12.1. The molecule has 2 amide bonds. The first-order valence-corrected chi connectivity index (χ1v) is 8.13. The summed E-state index contributed by atoms with van der Waals surface area (Å²) in [5.74, 6) is -0.732. The molecule has 9 heteroatoms. The number of hydrogen-bond donors (Lipinski definition) is 3. The Bertz CT molecular complexity index is 750. The number of nitrogens with zero attached hydrogens (tertiary/aromatic N) is 2. The Labute approximate surface area is 157 Å². The summed E-state index contributed by atoms with van der Waals surface area (Å²) in [6, 6.07) is 6.28. The van der Waals surface area contributed by atoms with Crippen molar-refractivity contribution in [2.24, 2.45) is 5.73 Å². The van der Waals surface area contributed by atoms with E-state index in [2.05, 4.69) is 5.32 Å². The Kier molecular flexibility index (Phi) is 7.43. The van der Waals surface area contributed by atoms with Crippen molar-refractivity contribution in [3.63, 3.8) is 0 Å². The summed E-state index contributed by atoms with van der Waals surface area (Å²) >= 11 is 6.00. The molecular weight excluding hydrogens is 358 g/mol. The van der Waals surface area contributed by atoms with Crippen LogP contribution in [0.2, 0.25) is 5.02 Å². The highest BCUT2D eigenvalue weighted by molar-refractivity contribution is 6.34. The molecule has 1 rings (SSSR count). The molecule has 5 N–H and O–H groups in total. The molecular formula is C17H22ClN5O3. The van der Waals surface area contributed by atoms with E-state index in [9.17, 15) is 14.9 Å². The smallest absolute Gasteiger partial charge is 0.414 e. The Balaban J connectivity index is 3.02. The van der Waals surface area contributed by atoms with Gasteiger partial charge in [0.15, 0.2) is 0 Å². The predicted octanol–water partition coefficient (Wildman–Crippen LogP) is 2.46. The SMILES string of the molecule is CC(C)(C)OC(=O)N(/C=C(/C#N)C(=O)Nc1ccc(N)cc1Cl)CCN. The second-order valence-electron chi connectivity index (χ2n) is 6.31. The number of benzene rings is 1. The minimum atomic E-state index is -0.732. The van der Waals surface area contributed by atoms with Gasteiger partial charge in [0.1, 0.15) is 17.2 Å². The molecule has 8 nitrogen and oxygen atoms in total. The summed E-state index contributed by atoms with van der Waals surface area (Å²) in [4.78, 5) is 25.6. The van der Waals surface area contributed by atoms with Gasteiger partial charge in [-0.2, -0.15) is 5.26 Å². The van der Waals surface area contributed by atoms with Crippen molar-refractivity contribution in [1.29, 1.82) is 5.26 Å². The average Bonchev–Trinajstić information content (AvgIpc) is 2.52. The van der Waals surface area contributed by atoms with Crippen molar-refractivity contribution in [2.75, 3.05) is 24.1 Å². The zero-order chi connectivity index (χ0) is 19.9. The lowest BCUT2D eigenvalue weighted by molar-refractivity contribution is -0.112. The van der Waals surface area contributed by atoms with Crippen molar-refractivity contribution in [1.82, 2.24) is 4.90 Å². The van der Waals surface area contributed by atoms with E-state index in [4.69, 9.17) is 27.8 Å². The van der Waals surface area contributed by atoms with Gasteiger partial charge in [-0.15, -0.1) is 0 Å². The lowest BCUT2D eigenvalue weighted by atomic mass is 10.2. The fourth-order valence-corrected chi connectivity index (χ4v) is 2.02. The summed E-state index contributed by atoms with van der Waals surface area (Å²) < 4.78 is 5.24. The lowest BCUT2D eigenvalue weighted by Crippen LogP contribution is -2.37. The Morgan fingerprint density at radius 1 is 1.42 bits per heavy atom. The standard InChI is InChI=1S/C17H22ClN5O3/c1-17(2,3)26-16(25)23(7-6-19)10-11(9-20)15(24)22-14-5-4-12(21)8-13(14)18/h4-5,8,10H,6-7,19,21H2,1-3H3,(H,22,24)/b11-10-. The van der Waals surface area contributed by atoms with Gasteiger partial charge in [0, 0.05) is 25.0 Å². The molecule has 0 fully saturated rings. The molecule has 0 atom stereocenters. The van der Waals surface area contributed by atoms with Crippen LogP contribution in [0.15, 0.2) is 30.0 Å². The molecule has 0 unspecified atom stereocenters. The summed E-state index contributed by atoms with van der Waals surface area (Å²) in [7, 11) is 0.